The van der Waals surface area contributed by atoms with Gasteiger partial charge in [-0.1, -0.05) is 29.8 Å². The van der Waals surface area contributed by atoms with Gasteiger partial charge in [-0.2, -0.15) is 0 Å². The number of aliphatic hydroxyl groups excluding tert-OH is 1. The molecule has 0 aliphatic carbocycles. The number of aryl methyl sites for hydroxylation is 1. The van der Waals surface area contributed by atoms with Gasteiger partial charge in [0.1, 0.15) is 6.04 Å². The van der Waals surface area contributed by atoms with Crippen LogP contribution in [-0.2, 0) is 11.3 Å². The largest absolute Gasteiger partial charge is 0.394 e. The first-order valence-electron chi connectivity index (χ1n) is 6.70. The molecule has 1 aliphatic rings. The van der Waals surface area contributed by atoms with Gasteiger partial charge in [0.05, 0.1) is 6.61 Å². The molecule has 104 valence electrons. The maximum absolute atomic E-state index is 12.4. The van der Waals surface area contributed by atoms with Gasteiger partial charge in [-0.25, -0.2) is 0 Å². The summed E-state index contributed by atoms with van der Waals surface area (Å²) in [6, 6.07) is 8.00. The number of rotatable bonds is 3. The van der Waals surface area contributed by atoms with E-state index in [1.165, 1.54) is 5.56 Å². The third-order valence-corrected chi connectivity index (χ3v) is 3.83. The number of nitrogens with zero attached hydrogens (tertiary/aromatic N) is 2. The van der Waals surface area contributed by atoms with Crippen molar-refractivity contribution in [2.75, 3.05) is 20.2 Å². The number of piperazine rings is 1. The second kappa shape index (κ2) is 5.72. The number of aliphatic hydroxyl groups is 1. The fourth-order valence-electron chi connectivity index (χ4n) is 2.58. The molecular formula is C15H22N2O2. The van der Waals surface area contributed by atoms with E-state index in [1.807, 2.05) is 16.8 Å². The SMILES string of the molecule is Cc1ccc(CN2C(=O)C(CO)N(C)CC2C)cc1. The van der Waals surface area contributed by atoms with E-state index in [2.05, 4.69) is 38.1 Å². The van der Waals surface area contributed by atoms with E-state index in [4.69, 9.17) is 0 Å². The normalized spacial score (nSPS) is 24.8. The molecular weight excluding hydrogens is 240 g/mol. The van der Waals surface area contributed by atoms with Crippen LogP contribution in [0.25, 0.3) is 0 Å². The van der Waals surface area contributed by atoms with Gasteiger partial charge < -0.3 is 10.0 Å². The van der Waals surface area contributed by atoms with Crippen LogP contribution in [0.3, 0.4) is 0 Å². The van der Waals surface area contributed by atoms with Crippen LogP contribution in [0.2, 0.25) is 0 Å². The van der Waals surface area contributed by atoms with Crippen LogP contribution in [0.1, 0.15) is 18.1 Å². The van der Waals surface area contributed by atoms with Crippen LogP contribution in [0.15, 0.2) is 24.3 Å². The number of carbonyl (C=O) groups is 1. The molecule has 1 fully saturated rings. The highest BCUT2D eigenvalue weighted by molar-refractivity contribution is 5.83. The topological polar surface area (TPSA) is 43.8 Å². The molecule has 2 unspecified atom stereocenters. The molecule has 1 aromatic rings. The molecule has 1 amide bonds. The van der Waals surface area contributed by atoms with E-state index in [9.17, 15) is 9.90 Å². The van der Waals surface area contributed by atoms with Gasteiger partial charge in [0.25, 0.3) is 0 Å². The molecule has 0 radical (unpaired) electrons. The molecule has 2 atom stereocenters. The zero-order chi connectivity index (χ0) is 14.0. The monoisotopic (exact) mass is 262 g/mol. The summed E-state index contributed by atoms with van der Waals surface area (Å²) in [5.41, 5.74) is 2.35. The maximum atomic E-state index is 12.4. The summed E-state index contributed by atoms with van der Waals surface area (Å²) in [6.07, 6.45) is 0. The fraction of sp³-hybridized carbons (Fsp3) is 0.533. The molecule has 1 N–H and O–H groups in total. The van der Waals surface area contributed by atoms with Crippen LogP contribution in [0.4, 0.5) is 0 Å². The molecule has 0 saturated carbocycles. The number of carbonyl (C=O) groups excluding carboxylic acids is 1. The van der Waals surface area contributed by atoms with Crippen molar-refractivity contribution < 1.29 is 9.90 Å². The summed E-state index contributed by atoms with van der Waals surface area (Å²) in [4.78, 5) is 16.2. The van der Waals surface area contributed by atoms with Gasteiger partial charge in [-0.05, 0) is 26.5 Å². The zero-order valence-electron chi connectivity index (χ0n) is 11.8. The van der Waals surface area contributed by atoms with Crippen LogP contribution in [-0.4, -0.2) is 53.1 Å². The number of benzene rings is 1. The van der Waals surface area contributed by atoms with E-state index >= 15 is 0 Å². The van der Waals surface area contributed by atoms with Crippen molar-refractivity contribution >= 4 is 5.91 Å². The van der Waals surface area contributed by atoms with E-state index in [0.717, 1.165) is 12.1 Å². The number of amides is 1. The highest BCUT2D eigenvalue weighted by atomic mass is 16.3. The van der Waals surface area contributed by atoms with Crippen LogP contribution < -0.4 is 0 Å². The van der Waals surface area contributed by atoms with Crippen molar-refractivity contribution in [2.24, 2.45) is 0 Å². The third-order valence-electron chi connectivity index (χ3n) is 3.83. The Balaban J connectivity index is 2.13. The Labute approximate surface area is 114 Å². The quantitative estimate of drug-likeness (QED) is 0.884. The zero-order valence-corrected chi connectivity index (χ0v) is 11.8. The Hall–Kier alpha value is -1.39. The Morgan fingerprint density at radius 1 is 1.32 bits per heavy atom. The molecule has 1 saturated heterocycles. The first-order valence-corrected chi connectivity index (χ1v) is 6.70. The smallest absolute Gasteiger partial charge is 0.242 e. The lowest BCUT2D eigenvalue weighted by molar-refractivity contribution is -0.147. The second-order valence-corrected chi connectivity index (χ2v) is 5.44. The minimum Gasteiger partial charge on any atom is -0.394 e. The first-order chi connectivity index (χ1) is 9.02. The lowest BCUT2D eigenvalue weighted by Gasteiger charge is -2.42. The van der Waals surface area contributed by atoms with Crippen molar-refractivity contribution in [1.29, 1.82) is 0 Å². The van der Waals surface area contributed by atoms with Gasteiger partial charge in [0, 0.05) is 19.1 Å². The van der Waals surface area contributed by atoms with Gasteiger partial charge in [-0.15, -0.1) is 0 Å². The van der Waals surface area contributed by atoms with E-state index in [-0.39, 0.29) is 18.6 Å². The molecule has 0 aromatic heterocycles. The molecule has 2 rings (SSSR count). The molecule has 4 nitrogen and oxygen atoms in total. The van der Waals surface area contributed by atoms with Crippen molar-refractivity contribution in [3.8, 4) is 0 Å². The number of hydrogen-bond acceptors (Lipinski definition) is 3. The summed E-state index contributed by atoms with van der Waals surface area (Å²) in [5, 5.41) is 9.35. The molecule has 1 aromatic carbocycles. The first kappa shape index (κ1) is 14.0. The molecule has 1 aliphatic heterocycles. The van der Waals surface area contributed by atoms with Crippen LogP contribution >= 0.6 is 0 Å². The summed E-state index contributed by atoms with van der Waals surface area (Å²) in [5.74, 6) is 0.0179. The predicted octanol–water partition coefficient (Wildman–Crippen LogP) is 1.02. The second-order valence-electron chi connectivity index (χ2n) is 5.44. The van der Waals surface area contributed by atoms with Gasteiger partial charge >= 0.3 is 0 Å². The van der Waals surface area contributed by atoms with E-state index < -0.39 is 6.04 Å². The predicted molar refractivity (Wildman–Crippen MR) is 74.7 cm³/mol. The molecule has 0 bridgehead atoms. The summed E-state index contributed by atoms with van der Waals surface area (Å²) in [6.45, 7) is 5.39. The van der Waals surface area contributed by atoms with E-state index in [0.29, 0.717) is 6.54 Å². The van der Waals surface area contributed by atoms with Crippen LogP contribution in [0.5, 0.6) is 0 Å². The van der Waals surface area contributed by atoms with E-state index in [1.54, 1.807) is 0 Å². The van der Waals surface area contributed by atoms with Crippen molar-refractivity contribution in [3.63, 3.8) is 0 Å². The highest BCUT2D eigenvalue weighted by Gasteiger charge is 2.36. The maximum Gasteiger partial charge on any atom is 0.242 e. The Kier molecular flexibility index (Phi) is 4.22. The number of likely N-dealkylation sites (N-methyl/N-ethyl adjacent to an activating group) is 1. The minimum absolute atomic E-state index is 0.0179. The van der Waals surface area contributed by atoms with Crippen LogP contribution in [0, 0.1) is 6.92 Å². The van der Waals surface area contributed by atoms with Gasteiger partial charge in [0.2, 0.25) is 5.91 Å². The standard InChI is InChI=1S/C15H22N2O2/c1-11-4-6-13(7-5-11)9-17-12(2)8-16(3)14(10-18)15(17)19/h4-7,12,14,18H,8-10H2,1-3H3. The molecule has 19 heavy (non-hydrogen) atoms. The summed E-state index contributed by atoms with van der Waals surface area (Å²) < 4.78 is 0. The lowest BCUT2D eigenvalue weighted by atomic mass is 10.1. The fourth-order valence-corrected chi connectivity index (χ4v) is 2.58. The molecule has 0 spiro atoms. The number of hydrogen-bond donors (Lipinski definition) is 1. The molecule has 4 heteroatoms. The minimum atomic E-state index is -0.401. The third kappa shape index (κ3) is 2.96. The molecule has 1 heterocycles. The Morgan fingerprint density at radius 2 is 1.95 bits per heavy atom. The average molecular weight is 262 g/mol. The Morgan fingerprint density at radius 3 is 2.53 bits per heavy atom. The van der Waals surface area contributed by atoms with Crippen molar-refractivity contribution in [3.05, 3.63) is 35.4 Å². The van der Waals surface area contributed by atoms with Crippen molar-refractivity contribution in [2.45, 2.75) is 32.5 Å². The summed E-state index contributed by atoms with van der Waals surface area (Å²) >= 11 is 0. The highest BCUT2D eigenvalue weighted by Crippen LogP contribution is 2.18. The Bertz CT molecular complexity index is 444. The summed E-state index contributed by atoms with van der Waals surface area (Å²) in [7, 11) is 1.89. The lowest BCUT2D eigenvalue weighted by Crippen LogP contribution is -2.60. The van der Waals surface area contributed by atoms with Gasteiger partial charge in [-0.3, -0.25) is 9.69 Å². The van der Waals surface area contributed by atoms with Crippen molar-refractivity contribution in [1.82, 2.24) is 9.80 Å². The van der Waals surface area contributed by atoms with Gasteiger partial charge in [0.15, 0.2) is 0 Å². The average Bonchev–Trinajstić information content (AvgIpc) is 2.37.